The van der Waals surface area contributed by atoms with Crippen molar-refractivity contribution in [1.29, 1.82) is 0 Å². The van der Waals surface area contributed by atoms with Crippen LogP contribution in [-0.4, -0.2) is 19.1 Å². The van der Waals surface area contributed by atoms with Gasteiger partial charge in [0.1, 0.15) is 5.69 Å². The fraction of sp³-hybridized carbons (Fsp3) is 0.333. The van der Waals surface area contributed by atoms with Gasteiger partial charge in [-0.2, -0.15) is 0 Å². The summed E-state index contributed by atoms with van der Waals surface area (Å²) < 4.78 is 24.8. The Kier molecular flexibility index (Phi) is 3.48. The van der Waals surface area contributed by atoms with E-state index >= 15 is 0 Å². The van der Waals surface area contributed by atoms with Crippen molar-refractivity contribution >= 4 is 21.4 Å². The van der Waals surface area contributed by atoms with Gasteiger partial charge in [-0.05, 0) is 25.5 Å². The molecule has 1 aromatic rings. The Morgan fingerprint density at radius 3 is 2.56 bits per heavy atom. The third-order valence-corrected chi connectivity index (χ3v) is 3.29. The van der Waals surface area contributed by atoms with E-state index in [2.05, 4.69) is 4.72 Å². The topological polar surface area (TPSA) is 89.3 Å². The third kappa shape index (κ3) is 2.93. The largest absolute Gasteiger partial charge is 0.293 e. The van der Waals surface area contributed by atoms with Crippen LogP contribution >= 0.6 is 0 Å². The van der Waals surface area contributed by atoms with Crippen molar-refractivity contribution in [3.8, 4) is 0 Å². The number of rotatable bonds is 4. The monoisotopic (exact) mass is 244 g/mol. The van der Waals surface area contributed by atoms with Gasteiger partial charge in [0.2, 0.25) is 10.0 Å². The van der Waals surface area contributed by atoms with E-state index in [-0.39, 0.29) is 17.1 Å². The van der Waals surface area contributed by atoms with Crippen LogP contribution in [0.4, 0.5) is 11.4 Å². The molecule has 16 heavy (non-hydrogen) atoms. The maximum absolute atomic E-state index is 11.3. The number of hydrogen-bond acceptors (Lipinski definition) is 4. The lowest BCUT2D eigenvalue weighted by atomic mass is 10.2. The predicted molar refractivity (Wildman–Crippen MR) is 60.9 cm³/mol. The van der Waals surface area contributed by atoms with Crippen molar-refractivity contribution in [2.24, 2.45) is 0 Å². The highest BCUT2D eigenvalue weighted by molar-refractivity contribution is 7.92. The molecule has 0 unspecified atom stereocenters. The smallest absolute Gasteiger partial charge is 0.277 e. The quantitative estimate of drug-likeness (QED) is 0.644. The Morgan fingerprint density at radius 1 is 1.44 bits per heavy atom. The van der Waals surface area contributed by atoms with Crippen molar-refractivity contribution < 1.29 is 13.3 Å². The number of hydrogen-bond donors (Lipinski definition) is 1. The number of anilines is 1. The van der Waals surface area contributed by atoms with E-state index in [1.165, 1.54) is 19.1 Å². The van der Waals surface area contributed by atoms with Gasteiger partial charge in [-0.15, -0.1) is 0 Å². The van der Waals surface area contributed by atoms with Crippen LogP contribution < -0.4 is 4.72 Å². The van der Waals surface area contributed by atoms with Crippen molar-refractivity contribution in [2.75, 3.05) is 10.5 Å². The molecule has 0 bridgehead atoms. The molecular formula is C9H12N2O4S. The van der Waals surface area contributed by atoms with Gasteiger partial charge in [-0.3, -0.25) is 14.8 Å². The zero-order valence-electron chi connectivity index (χ0n) is 8.93. The SMILES string of the molecule is CCS(=O)(=O)Nc1ccc(C)cc1[N+](=O)[O-]. The maximum atomic E-state index is 11.3. The second-order valence-electron chi connectivity index (χ2n) is 3.28. The summed E-state index contributed by atoms with van der Waals surface area (Å²) in [4.78, 5) is 10.1. The molecule has 0 fully saturated rings. The van der Waals surface area contributed by atoms with E-state index in [0.717, 1.165) is 0 Å². The van der Waals surface area contributed by atoms with E-state index in [1.807, 2.05) is 0 Å². The minimum atomic E-state index is -3.50. The number of aryl methyl sites for hydroxylation is 1. The molecule has 0 heterocycles. The van der Waals surface area contributed by atoms with E-state index in [9.17, 15) is 18.5 Å². The molecule has 88 valence electrons. The normalized spacial score (nSPS) is 11.1. The number of sulfonamides is 1. The van der Waals surface area contributed by atoms with Crippen LogP contribution in [-0.2, 0) is 10.0 Å². The summed E-state index contributed by atoms with van der Waals surface area (Å²) in [6.07, 6.45) is 0. The number of nitro groups is 1. The third-order valence-electron chi connectivity index (χ3n) is 2.00. The second kappa shape index (κ2) is 4.48. The van der Waals surface area contributed by atoms with Gasteiger partial charge >= 0.3 is 0 Å². The van der Waals surface area contributed by atoms with Crippen LogP contribution in [0.1, 0.15) is 12.5 Å². The highest BCUT2D eigenvalue weighted by atomic mass is 32.2. The van der Waals surface area contributed by atoms with Crippen LogP contribution in [0.2, 0.25) is 0 Å². The molecule has 0 amide bonds. The minimum Gasteiger partial charge on any atom is -0.277 e. The van der Waals surface area contributed by atoms with Gasteiger partial charge in [-0.25, -0.2) is 8.42 Å². The zero-order valence-corrected chi connectivity index (χ0v) is 9.74. The standard InChI is InChI=1S/C9H12N2O4S/c1-3-16(14,15)10-8-5-4-7(2)6-9(8)11(12)13/h4-6,10H,3H2,1-2H3. The molecule has 0 aromatic heterocycles. The van der Waals surface area contributed by atoms with Crippen LogP contribution in [0.25, 0.3) is 0 Å². The summed E-state index contributed by atoms with van der Waals surface area (Å²) in [7, 11) is -3.50. The zero-order chi connectivity index (χ0) is 12.3. The van der Waals surface area contributed by atoms with Gasteiger partial charge in [0.25, 0.3) is 5.69 Å². The first kappa shape index (κ1) is 12.4. The van der Waals surface area contributed by atoms with Crippen molar-refractivity contribution in [3.05, 3.63) is 33.9 Å². The molecule has 0 radical (unpaired) electrons. The summed E-state index contributed by atoms with van der Waals surface area (Å²) >= 11 is 0. The first-order valence-electron chi connectivity index (χ1n) is 4.61. The van der Waals surface area contributed by atoms with Gasteiger partial charge in [0, 0.05) is 6.07 Å². The number of nitrogens with zero attached hydrogens (tertiary/aromatic N) is 1. The number of nitro benzene ring substituents is 1. The van der Waals surface area contributed by atoms with Crippen LogP contribution in [0.5, 0.6) is 0 Å². The van der Waals surface area contributed by atoms with Gasteiger partial charge in [0.05, 0.1) is 10.7 Å². The van der Waals surface area contributed by atoms with Gasteiger partial charge in [0.15, 0.2) is 0 Å². The van der Waals surface area contributed by atoms with E-state index in [4.69, 9.17) is 0 Å². The molecule has 0 saturated heterocycles. The molecule has 0 atom stereocenters. The molecule has 0 aliphatic rings. The summed E-state index contributed by atoms with van der Waals surface area (Å²) in [5, 5.41) is 10.7. The van der Waals surface area contributed by atoms with E-state index in [1.54, 1.807) is 13.0 Å². The Morgan fingerprint density at radius 2 is 2.06 bits per heavy atom. The summed E-state index contributed by atoms with van der Waals surface area (Å²) in [5.74, 6) is -0.127. The Hall–Kier alpha value is -1.63. The lowest BCUT2D eigenvalue weighted by Gasteiger charge is -2.06. The number of benzene rings is 1. The molecule has 1 rings (SSSR count). The molecule has 1 aromatic carbocycles. The van der Waals surface area contributed by atoms with E-state index < -0.39 is 14.9 Å². The van der Waals surface area contributed by atoms with Crippen LogP contribution in [0, 0.1) is 17.0 Å². The summed E-state index contributed by atoms with van der Waals surface area (Å²) in [5.41, 5.74) is 0.459. The lowest BCUT2D eigenvalue weighted by Crippen LogP contribution is -2.15. The summed E-state index contributed by atoms with van der Waals surface area (Å²) in [6, 6.07) is 4.33. The number of nitrogens with one attached hydrogen (secondary N) is 1. The summed E-state index contributed by atoms with van der Waals surface area (Å²) in [6.45, 7) is 3.16. The predicted octanol–water partition coefficient (Wildman–Crippen LogP) is 1.66. The van der Waals surface area contributed by atoms with Crippen molar-refractivity contribution in [2.45, 2.75) is 13.8 Å². The average Bonchev–Trinajstić information content (AvgIpc) is 2.20. The molecule has 7 heteroatoms. The Balaban J connectivity index is 3.19. The van der Waals surface area contributed by atoms with Gasteiger partial charge < -0.3 is 0 Å². The van der Waals surface area contributed by atoms with Gasteiger partial charge in [-0.1, -0.05) is 6.07 Å². The molecule has 0 spiro atoms. The van der Waals surface area contributed by atoms with Crippen LogP contribution in [0.3, 0.4) is 0 Å². The molecule has 0 aliphatic heterocycles. The highest BCUT2D eigenvalue weighted by Crippen LogP contribution is 2.26. The van der Waals surface area contributed by atoms with Crippen molar-refractivity contribution in [3.63, 3.8) is 0 Å². The molecule has 6 nitrogen and oxygen atoms in total. The molecule has 0 aliphatic carbocycles. The first-order chi connectivity index (χ1) is 7.35. The minimum absolute atomic E-state index is 0.00236. The highest BCUT2D eigenvalue weighted by Gasteiger charge is 2.17. The molecular weight excluding hydrogens is 232 g/mol. The van der Waals surface area contributed by atoms with E-state index in [0.29, 0.717) is 5.56 Å². The van der Waals surface area contributed by atoms with Crippen LogP contribution in [0.15, 0.2) is 18.2 Å². The lowest BCUT2D eigenvalue weighted by molar-refractivity contribution is -0.383. The average molecular weight is 244 g/mol. The molecule has 0 saturated carbocycles. The van der Waals surface area contributed by atoms with Crippen molar-refractivity contribution in [1.82, 2.24) is 0 Å². The Bertz CT molecular complexity index is 510. The fourth-order valence-electron chi connectivity index (χ4n) is 1.12. The Labute approximate surface area is 93.5 Å². The fourth-order valence-corrected chi connectivity index (χ4v) is 1.77. The second-order valence-corrected chi connectivity index (χ2v) is 5.29. The molecule has 1 N–H and O–H groups in total. The maximum Gasteiger partial charge on any atom is 0.293 e. The first-order valence-corrected chi connectivity index (χ1v) is 6.26.